The molecule has 1 nitrogen and oxygen atoms in total. The quantitative estimate of drug-likeness (QED) is 0.307. The smallest absolute Gasteiger partial charge is 0.191 e. The number of benzene rings is 1. The van der Waals surface area contributed by atoms with E-state index < -0.39 is 8.32 Å². The first-order valence-corrected chi connectivity index (χ1v) is 18.8. The van der Waals surface area contributed by atoms with Gasteiger partial charge >= 0.3 is 0 Å². The molecule has 2 saturated carbocycles. The molecule has 0 heterocycles. The van der Waals surface area contributed by atoms with Crippen molar-refractivity contribution in [3.05, 3.63) is 34.9 Å². The van der Waals surface area contributed by atoms with Crippen molar-refractivity contribution in [3.63, 3.8) is 0 Å². The van der Waals surface area contributed by atoms with E-state index in [4.69, 9.17) is 4.43 Å². The third kappa shape index (κ3) is 5.54. The van der Waals surface area contributed by atoms with Crippen LogP contribution in [0.5, 0.6) is 0 Å². The van der Waals surface area contributed by atoms with Gasteiger partial charge < -0.3 is 4.43 Å². The maximum absolute atomic E-state index is 6.88. The van der Waals surface area contributed by atoms with Gasteiger partial charge in [0.15, 0.2) is 8.32 Å². The summed E-state index contributed by atoms with van der Waals surface area (Å²) in [6, 6.07) is 7.14. The first kappa shape index (κ1) is 29.4. The summed E-state index contributed by atoms with van der Waals surface area (Å²) in [4.78, 5) is 0. The van der Waals surface area contributed by atoms with Gasteiger partial charge in [-0.15, -0.1) is 0 Å². The minimum absolute atomic E-state index is 0.284. The molecule has 3 aliphatic carbocycles. The van der Waals surface area contributed by atoms with Crippen molar-refractivity contribution in [3.8, 4) is 0 Å². The van der Waals surface area contributed by atoms with E-state index in [0.29, 0.717) is 23.2 Å². The Morgan fingerprint density at radius 1 is 1.03 bits per heavy atom. The Hall–Kier alpha value is -0.603. The van der Waals surface area contributed by atoms with Crippen LogP contribution in [-0.2, 0) is 10.8 Å². The standard InChI is InChI=1S/C35H60OSi/c1-23(2)26(5)27(22-36-37(10,11)34(6,7)8)21-25(4)32-17-18-33-31-16-15-28-24(3)13-12-14-29(28)30(31)19-20-35(32,33)9/h12-14,23,25-27,30-33H,15-22H2,1-11H3/t25-,26-,27+,30-,31-,32-,33+,35-/m1/s1. The molecule has 0 aromatic heterocycles. The number of fused-ring (bicyclic) bond motifs is 5. The molecule has 210 valence electrons. The fourth-order valence-electron chi connectivity index (χ4n) is 8.93. The molecule has 0 unspecified atom stereocenters. The van der Waals surface area contributed by atoms with Crippen LogP contribution in [0.1, 0.15) is 117 Å². The van der Waals surface area contributed by atoms with Gasteiger partial charge in [0, 0.05) is 6.61 Å². The van der Waals surface area contributed by atoms with Gasteiger partial charge in [-0.1, -0.05) is 73.6 Å². The largest absolute Gasteiger partial charge is 0.417 e. The molecule has 0 bridgehead atoms. The zero-order chi connectivity index (χ0) is 27.3. The van der Waals surface area contributed by atoms with E-state index in [-0.39, 0.29) is 5.04 Å². The van der Waals surface area contributed by atoms with Crippen molar-refractivity contribution in [2.75, 3.05) is 6.61 Å². The van der Waals surface area contributed by atoms with Crippen molar-refractivity contribution in [2.24, 2.45) is 46.8 Å². The van der Waals surface area contributed by atoms with Crippen LogP contribution in [0.25, 0.3) is 0 Å². The van der Waals surface area contributed by atoms with E-state index in [2.05, 4.69) is 93.6 Å². The normalized spacial score (nSPS) is 32.4. The summed E-state index contributed by atoms with van der Waals surface area (Å²) in [7, 11) is -1.73. The second-order valence-corrected chi connectivity index (χ2v) is 20.7. The van der Waals surface area contributed by atoms with Crippen molar-refractivity contribution >= 4 is 8.32 Å². The average molecular weight is 525 g/mol. The molecule has 0 amide bonds. The fourth-order valence-corrected chi connectivity index (χ4v) is 9.99. The third-order valence-electron chi connectivity index (χ3n) is 12.7. The van der Waals surface area contributed by atoms with Gasteiger partial charge in [-0.05, 0) is 139 Å². The van der Waals surface area contributed by atoms with Gasteiger partial charge in [-0.3, -0.25) is 0 Å². The third-order valence-corrected chi connectivity index (χ3v) is 17.2. The van der Waals surface area contributed by atoms with E-state index in [9.17, 15) is 0 Å². The van der Waals surface area contributed by atoms with E-state index >= 15 is 0 Å². The molecular weight excluding hydrogens is 464 g/mol. The van der Waals surface area contributed by atoms with Crippen LogP contribution in [0.15, 0.2) is 18.2 Å². The lowest BCUT2D eigenvalue weighted by Crippen LogP contribution is -2.44. The molecule has 8 atom stereocenters. The summed E-state index contributed by atoms with van der Waals surface area (Å²) in [6.45, 7) is 28.0. The number of hydrogen-bond donors (Lipinski definition) is 0. The lowest BCUT2D eigenvalue weighted by atomic mass is 9.52. The second-order valence-electron chi connectivity index (χ2n) is 15.9. The molecule has 0 spiro atoms. The molecule has 2 heteroatoms. The van der Waals surface area contributed by atoms with Crippen molar-refractivity contribution in [2.45, 2.75) is 131 Å². The van der Waals surface area contributed by atoms with Gasteiger partial charge in [0.25, 0.3) is 0 Å². The lowest BCUT2D eigenvalue weighted by molar-refractivity contribution is 0.00285. The SMILES string of the molecule is Cc1cccc2c1CC[C@@H]1[C@@H]2CC[C@]2(C)[C@@H]([C@H](C)C[C@@H](CO[Si](C)(C)C(C)(C)C)[C@H](C)C(C)C)CC[C@@H]12. The topological polar surface area (TPSA) is 9.23 Å². The molecule has 1 aromatic carbocycles. The van der Waals surface area contributed by atoms with Gasteiger partial charge in [0.05, 0.1) is 0 Å². The van der Waals surface area contributed by atoms with Crippen LogP contribution < -0.4 is 0 Å². The second kappa shape index (κ2) is 10.8. The van der Waals surface area contributed by atoms with Gasteiger partial charge in [-0.25, -0.2) is 0 Å². The summed E-state index contributed by atoms with van der Waals surface area (Å²) in [6.07, 6.45) is 9.86. The Morgan fingerprint density at radius 2 is 1.73 bits per heavy atom. The number of rotatable bonds is 8. The molecule has 3 aliphatic rings. The predicted molar refractivity (Wildman–Crippen MR) is 164 cm³/mol. The fraction of sp³-hybridized carbons (Fsp3) is 0.829. The van der Waals surface area contributed by atoms with Crippen LogP contribution >= 0.6 is 0 Å². The Labute approximate surface area is 232 Å². The van der Waals surface area contributed by atoms with E-state index in [1.165, 1.54) is 50.5 Å². The highest BCUT2D eigenvalue weighted by atomic mass is 28.4. The summed E-state index contributed by atoms with van der Waals surface area (Å²) >= 11 is 0. The van der Waals surface area contributed by atoms with Crippen molar-refractivity contribution in [1.82, 2.24) is 0 Å². The molecule has 4 rings (SSSR count). The lowest BCUT2D eigenvalue weighted by Gasteiger charge is -2.52. The van der Waals surface area contributed by atoms with Gasteiger partial charge in [0.1, 0.15) is 0 Å². The minimum Gasteiger partial charge on any atom is -0.417 e. The molecule has 1 aromatic rings. The maximum Gasteiger partial charge on any atom is 0.191 e. The van der Waals surface area contributed by atoms with Crippen LogP contribution in [0.2, 0.25) is 18.1 Å². The highest BCUT2D eigenvalue weighted by Crippen LogP contribution is 2.64. The maximum atomic E-state index is 6.88. The van der Waals surface area contributed by atoms with Crippen molar-refractivity contribution < 1.29 is 4.43 Å². The zero-order valence-corrected chi connectivity index (χ0v) is 27.4. The van der Waals surface area contributed by atoms with E-state index in [1.54, 1.807) is 11.1 Å². The molecular formula is C35H60OSi. The first-order chi connectivity index (χ1) is 17.2. The minimum atomic E-state index is -1.73. The predicted octanol–water partition coefficient (Wildman–Crippen LogP) is 10.4. The first-order valence-electron chi connectivity index (χ1n) is 15.9. The highest BCUT2D eigenvalue weighted by molar-refractivity contribution is 6.74. The Morgan fingerprint density at radius 3 is 2.38 bits per heavy atom. The van der Waals surface area contributed by atoms with Crippen LogP contribution in [0.4, 0.5) is 0 Å². The van der Waals surface area contributed by atoms with Gasteiger partial charge in [-0.2, -0.15) is 0 Å². The van der Waals surface area contributed by atoms with Crippen LogP contribution in [0, 0.1) is 53.8 Å². The summed E-state index contributed by atoms with van der Waals surface area (Å²) in [5.74, 6) is 6.44. The summed E-state index contributed by atoms with van der Waals surface area (Å²) in [5, 5.41) is 0.284. The van der Waals surface area contributed by atoms with Gasteiger partial charge in [0.2, 0.25) is 0 Å². The average Bonchev–Trinajstić information content (AvgIpc) is 3.17. The van der Waals surface area contributed by atoms with E-state index in [1.807, 2.05) is 0 Å². The zero-order valence-electron chi connectivity index (χ0n) is 26.4. The number of hydrogen-bond acceptors (Lipinski definition) is 1. The Kier molecular flexibility index (Phi) is 8.54. The number of aryl methyl sites for hydroxylation is 1. The summed E-state index contributed by atoms with van der Waals surface area (Å²) < 4.78 is 6.88. The van der Waals surface area contributed by atoms with Crippen LogP contribution in [-0.4, -0.2) is 14.9 Å². The molecule has 0 radical (unpaired) electrons. The Balaban J connectivity index is 1.48. The molecule has 0 saturated heterocycles. The molecule has 37 heavy (non-hydrogen) atoms. The van der Waals surface area contributed by atoms with Crippen molar-refractivity contribution in [1.29, 1.82) is 0 Å². The molecule has 0 N–H and O–H groups in total. The molecule has 0 aliphatic heterocycles. The highest BCUT2D eigenvalue weighted by Gasteiger charge is 2.55. The molecule has 2 fully saturated rings. The summed E-state index contributed by atoms with van der Waals surface area (Å²) in [5.41, 5.74) is 5.49. The Bertz CT molecular complexity index is 926. The monoisotopic (exact) mass is 524 g/mol. The van der Waals surface area contributed by atoms with E-state index in [0.717, 1.165) is 36.2 Å². The van der Waals surface area contributed by atoms with Crippen LogP contribution in [0.3, 0.4) is 0 Å².